The van der Waals surface area contributed by atoms with Gasteiger partial charge in [0.15, 0.2) is 0 Å². The minimum absolute atomic E-state index is 0.0514. The van der Waals surface area contributed by atoms with Crippen LogP contribution in [0.2, 0.25) is 0 Å². The van der Waals surface area contributed by atoms with Gasteiger partial charge in [-0.15, -0.1) is 11.3 Å². The fraction of sp³-hybridized carbons (Fsp3) is 0.389. The Labute approximate surface area is 149 Å². The summed E-state index contributed by atoms with van der Waals surface area (Å²) >= 11 is 1.52. The Morgan fingerprint density at radius 2 is 2.12 bits per heavy atom. The van der Waals surface area contributed by atoms with E-state index in [1.807, 2.05) is 12.3 Å². The zero-order chi connectivity index (χ0) is 17.8. The van der Waals surface area contributed by atoms with E-state index in [-0.39, 0.29) is 23.5 Å². The molecular weight excluding hydrogens is 341 g/mol. The van der Waals surface area contributed by atoms with Crippen molar-refractivity contribution in [1.29, 1.82) is 0 Å². The van der Waals surface area contributed by atoms with Crippen molar-refractivity contribution in [3.63, 3.8) is 0 Å². The van der Waals surface area contributed by atoms with Gasteiger partial charge in [-0.25, -0.2) is 9.37 Å². The van der Waals surface area contributed by atoms with Crippen molar-refractivity contribution >= 4 is 23.2 Å². The predicted octanol–water partition coefficient (Wildman–Crippen LogP) is 2.76. The third-order valence-corrected chi connectivity index (χ3v) is 5.22. The fourth-order valence-corrected chi connectivity index (χ4v) is 3.65. The summed E-state index contributed by atoms with van der Waals surface area (Å²) in [5.74, 6) is -0.804. The average Bonchev–Trinajstić information content (AvgIpc) is 3.05. The van der Waals surface area contributed by atoms with E-state index in [4.69, 9.17) is 0 Å². The van der Waals surface area contributed by atoms with Crippen molar-refractivity contribution in [2.45, 2.75) is 26.3 Å². The van der Waals surface area contributed by atoms with E-state index in [0.717, 1.165) is 23.5 Å². The second-order valence-electron chi connectivity index (χ2n) is 6.20. The number of thiazole rings is 1. The molecule has 1 saturated heterocycles. The molecule has 0 bridgehead atoms. The van der Waals surface area contributed by atoms with Crippen LogP contribution in [-0.4, -0.2) is 34.8 Å². The number of nitrogens with zero attached hydrogens (tertiary/aromatic N) is 2. The highest BCUT2D eigenvalue weighted by atomic mass is 32.1. The molecule has 1 atom stereocenters. The molecule has 132 valence electrons. The molecular formula is C18H20FN3O2S. The van der Waals surface area contributed by atoms with Gasteiger partial charge in [-0.3, -0.25) is 9.59 Å². The Hall–Kier alpha value is -2.28. The van der Waals surface area contributed by atoms with E-state index >= 15 is 0 Å². The summed E-state index contributed by atoms with van der Waals surface area (Å²) in [5, 5.41) is 5.74. The lowest BCUT2D eigenvalue weighted by atomic mass is 9.96. The predicted molar refractivity (Wildman–Crippen MR) is 93.7 cm³/mol. The van der Waals surface area contributed by atoms with Crippen molar-refractivity contribution in [2.75, 3.05) is 13.1 Å². The van der Waals surface area contributed by atoms with E-state index in [9.17, 15) is 14.0 Å². The fourth-order valence-electron chi connectivity index (χ4n) is 2.94. The third-order valence-electron chi connectivity index (χ3n) is 4.25. The third kappa shape index (κ3) is 4.42. The van der Waals surface area contributed by atoms with Gasteiger partial charge >= 0.3 is 0 Å². The maximum atomic E-state index is 13.0. The summed E-state index contributed by atoms with van der Waals surface area (Å²) < 4.78 is 13.0. The van der Waals surface area contributed by atoms with Crippen molar-refractivity contribution in [3.05, 3.63) is 51.7 Å². The van der Waals surface area contributed by atoms with Crippen molar-refractivity contribution in [3.8, 4) is 0 Å². The standard InChI is InChI=1S/C18H20FN3O2S/c1-12-11-25-16(21-12)9-20-17(23)14-3-2-8-22(10-14)18(24)13-4-6-15(19)7-5-13/h4-7,11,14H,2-3,8-10H2,1H3,(H,20,23). The van der Waals surface area contributed by atoms with Crippen LogP contribution in [0, 0.1) is 18.7 Å². The van der Waals surface area contributed by atoms with Gasteiger partial charge in [0.2, 0.25) is 5.91 Å². The van der Waals surface area contributed by atoms with E-state index in [1.165, 1.54) is 35.6 Å². The molecule has 2 amide bonds. The van der Waals surface area contributed by atoms with Crippen molar-refractivity contribution < 1.29 is 14.0 Å². The number of amides is 2. The molecule has 2 aromatic rings. The van der Waals surface area contributed by atoms with Gasteiger partial charge in [0, 0.05) is 29.7 Å². The highest BCUT2D eigenvalue weighted by Gasteiger charge is 2.28. The number of aromatic nitrogens is 1. The molecule has 0 saturated carbocycles. The molecule has 1 N–H and O–H groups in total. The van der Waals surface area contributed by atoms with Gasteiger partial charge in [0.1, 0.15) is 10.8 Å². The highest BCUT2D eigenvalue weighted by molar-refractivity contribution is 7.09. The first-order valence-electron chi connectivity index (χ1n) is 8.26. The van der Waals surface area contributed by atoms with Crippen molar-refractivity contribution in [2.24, 2.45) is 5.92 Å². The quantitative estimate of drug-likeness (QED) is 0.911. The van der Waals surface area contributed by atoms with Gasteiger partial charge in [-0.05, 0) is 44.0 Å². The van der Waals surface area contributed by atoms with Crippen LogP contribution in [0.3, 0.4) is 0 Å². The first kappa shape index (κ1) is 17.5. The molecule has 1 aromatic heterocycles. The lowest BCUT2D eigenvalue weighted by molar-refractivity contribution is -0.126. The summed E-state index contributed by atoms with van der Waals surface area (Å²) in [6.07, 6.45) is 1.54. The van der Waals surface area contributed by atoms with E-state index < -0.39 is 0 Å². The molecule has 25 heavy (non-hydrogen) atoms. The summed E-state index contributed by atoms with van der Waals surface area (Å²) in [6, 6.07) is 5.51. The number of benzene rings is 1. The van der Waals surface area contributed by atoms with E-state index in [2.05, 4.69) is 10.3 Å². The lowest BCUT2D eigenvalue weighted by Crippen LogP contribution is -2.45. The molecule has 5 nitrogen and oxygen atoms in total. The minimum atomic E-state index is -0.370. The van der Waals surface area contributed by atoms with Gasteiger partial charge in [0.05, 0.1) is 12.5 Å². The highest BCUT2D eigenvalue weighted by Crippen LogP contribution is 2.19. The molecule has 7 heteroatoms. The molecule has 1 fully saturated rings. The molecule has 1 aliphatic rings. The number of nitrogens with one attached hydrogen (secondary N) is 1. The lowest BCUT2D eigenvalue weighted by Gasteiger charge is -2.32. The number of piperidine rings is 1. The van der Waals surface area contributed by atoms with Gasteiger partial charge in [-0.1, -0.05) is 0 Å². The molecule has 3 rings (SSSR count). The first-order chi connectivity index (χ1) is 12.0. The second-order valence-corrected chi connectivity index (χ2v) is 7.14. The number of hydrogen-bond donors (Lipinski definition) is 1. The number of carbonyl (C=O) groups excluding carboxylic acids is 2. The zero-order valence-corrected chi connectivity index (χ0v) is 14.8. The molecule has 0 spiro atoms. The topological polar surface area (TPSA) is 62.3 Å². The monoisotopic (exact) mass is 361 g/mol. The Bertz CT molecular complexity index is 760. The Kier molecular flexibility index (Phi) is 5.43. The second kappa shape index (κ2) is 7.74. The SMILES string of the molecule is Cc1csc(CNC(=O)C2CCCN(C(=O)c3ccc(F)cc3)C2)n1. The zero-order valence-electron chi connectivity index (χ0n) is 14.0. The Morgan fingerprint density at radius 3 is 2.80 bits per heavy atom. The summed E-state index contributed by atoms with van der Waals surface area (Å²) in [6.45, 7) is 3.34. The van der Waals surface area contributed by atoms with Crippen LogP contribution in [0.5, 0.6) is 0 Å². The molecule has 2 heterocycles. The molecule has 0 aliphatic carbocycles. The Morgan fingerprint density at radius 1 is 1.36 bits per heavy atom. The van der Waals surface area contributed by atoms with Gasteiger partial charge < -0.3 is 10.2 Å². The summed E-state index contributed by atoms with van der Waals surface area (Å²) in [4.78, 5) is 30.9. The normalized spacial score (nSPS) is 17.4. The number of halogens is 1. The van der Waals surface area contributed by atoms with Crippen LogP contribution >= 0.6 is 11.3 Å². The minimum Gasteiger partial charge on any atom is -0.349 e. The Balaban J connectivity index is 1.57. The average molecular weight is 361 g/mol. The maximum Gasteiger partial charge on any atom is 0.253 e. The molecule has 1 unspecified atom stereocenters. The van der Waals surface area contributed by atoms with E-state index in [1.54, 1.807) is 4.90 Å². The van der Waals surface area contributed by atoms with Crippen LogP contribution in [0.4, 0.5) is 4.39 Å². The van der Waals surface area contributed by atoms with Crippen LogP contribution < -0.4 is 5.32 Å². The van der Waals surface area contributed by atoms with Crippen molar-refractivity contribution in [1.82, 2.24) is 15.2 Å². The van der Waals surface area contributed by atoms with Crippen LogP contribution in [0.25, 0.3) is 0 Å². The summed E-state index contributed by atoms with van der Waals surface area (Å²) in [7, 11) is 0. The largest absolute Gasteiger partial charge is 0.349 e. The number of hydrogen-bond acceptors (Lipinski definition) is 4. The first-order valence-corrected chi connectivity index (χ1v) is 9.14. The number of carbonyl (C=O) groups is 2. The molecule has 1 aromatic carbocycles. The molecule has 1 aliphatic heterocycles. The van der Waals surface area contributed by atoms with Crippen LogP contribution in [0.15, 0.2) is 29.6 Å². The maximum absolute atomic E-state index is 13.0. The number of aryl methyl sites for hydroxylation is 1. The smallest absolute Gasteiger partial charge is 0.253 e. The van der Waals surface area contributed by atoms with Crippen LogP contribution in [0.1, 0.15) is 33.9 Å². The van der Waals surface area contributed by atoms with Crippen LogP contribution in [-0.2, 0) is 11.3 Å². The number of rotatable bonds is 4. The number of likely N-dealkylation sites (tertiary alicyclic amines) is 1. The summed E-state index contributed by atoms with van der Waals surface area (Å²) in [5.41, 5.74) is 1.39. The van der Waals surface area contributed by atoms with Gasteiger partial charge in [-0.2, -0.15) is 0 Å². The van der Waals surface area contributed by atoms with Gasteiger partial charge in [0.25, 0.3) is 5.91 Å². The molecule has 0 radical (unpaired) electrons. The van der Waals surface area contributed by atoms with E-state index in [0.29, 0.717) is 25.2 Å².